The van der Waals surface area contributed by atoms with E-state index >= 15 is 0 Å². The van der Waals surface area contributed by atoms with Crippen molar-refractivity contribution in [2.45, 2.75) is 13.0 Å². The normalized spacial score (nSPS) is 10.4. The van der Waals surface area contributed by atoms with Crippen LogP contribution < -0.4 is 10.9 Å². The molecule has 0 saturated carbocycles. The largest absolute Gasteiger partial charge is 0.326 e. The van der Waals surface area contributed by atoms with Crippen LogP contribution in [0.5, 0.6) is 0 Å². The monoisotopic (exact) mass is 395 g/mol. The van der Waals surface area contributed by atoms with Crippen molar-refractivity contribution in [2.75, 3.05) is 5.32 Å². The number of nitrogens with one attached hydrogen (secondary N) is 1. The molecule has 0 atom stereocenters. The molecule has 0 aliphatic rings. The fourth-order valence-electron chi connectivity index (χ4n) is 2.42. The van der Waals surface area contributed by atoms with E-state index in [0.29, 0.717) is 22.2 Å². The van der Waals surface area contributed by atoms with Crippen LogP contribution in [-0.2, 0) is 11.3 Å². The van der Waals surface area contributed by atoms with Gasteiger partial charge >= 0.3 is 0 Å². The number of halogens is 1. The SMILES string of the molecule is C#Cc1cccc(NC(=O)CCn2cnc3ccc(Br)cc3c2=O)c1. The highest BCUT2D eigenvalue weighted by Gasteiger charge is 2.08. The molecule has 1 amide bonds. The van der Waals surface area contributed by atoms with Crippen LogP contribution in [0.2, 0.25) is 0 Å². The number of carbonyl (C=O) groups is 1. The number of rotatable bonds is 4. The lowest BCUT2D eigenvalue weighted by Crippen LogP contribution is -2.23. The van der Waals surface area contributed by atoms with Crippen LogP contribution in [0.4, 0.5) is 5.69 Å². The Bertz CT molecular complexity index is 1050. The Kier molecular flexibility index (Phi) is 4.96. The number of hydrogen-bond donors (Lipinski definition) is 1. The molecule has 0 bridgehead atoms. The van der Waals surface area contributed by atoms with Crippen LogP contribution in [0.1, 0.15) is 12.0 Å². The van der Waals surface area contributed by atoms with E-state index in [1.54, 1.807) is 36.4 Å². The molecule has 0 spiro atoms. The Morgan fingerprint density at radius 1 is 1.28 bits per heavy atom. The van der Waals surface area contributed by atoms with Crippen molar-refractivity contribution >= 4 is 38.4 Å². The summed E-state index contributed by atoms with van der Waals surface area (Å²) in [4.78, 5) is 28.8. The summed E-state index contributed by atoms with van der Waals surface area (Å²) in [5.41, 5.74) is 1.78. The average molecular weight is 396 g/mol. The third-order valence-electron chi connectivity index (χ3n) is 3.68. The third-order valence-corrected chi connectivity index (χ3v) is 4.17. The summed E-state index contributed by atoms with van der Waals surface area (Å²) in [5.74, 6) is 2.32. The van der Waals surface area contributed by atoms with Gasteiger partial charge in [-0.1, -0.05) is 27.9 Å². The Labute approximate surface area is 152 Å². The molecule has 124 valence electrons. The highest BCUT2D eigenvalue weighted by atomic mass is 79.9. The quantitative estimate of drug-likeness (QED) is 0.690. The summed E-state index contributed by atoms with van der Waals surface area (Å²) in [6, 6.07) is 12.4. The molecular weight excluding hydrogens is 382 g/mol. The number of hydrogen-bond acceptors (Lipinski definition) is 3. The number of aromatic nitrogens is 2. The van der Waals surface area contributed by atoms with Crippen LogP contribution in [0, 0.1) is 12.3 Å². The number of terminal acetylenes is 1. The second kappa shape index (κ2) is 7.32. The summed E-state index contributed by atoms with van der Waals surface area (Å²) in [5, 5.41) is 3.29. The number of fused-ring (bicyclic) bond motifs is 1. The molecule has 25 heavy (non-hydrogen) atoms. The zero-order chi connectivity index (χ0) is 17.8. The lowest BCUT2D eigenvalue weighted by atomic mass is 10.2. The molecule has 0 radical (unpaired) electrons. The average Bonchev–Trinajstić information content (AvgIpc) is 2.62. The highest BCUT2D eigenvalue weighted by molar-refractivity contribution is 9.10. The van der Waals surface area contributed by atoms with Gasteiger partial charge in [0.2, 0.25) is 5.91 Å². The Hall–Kier alpha value is -2.91. The fraction of sp³-hybridized carbons (Fsp3) is 0.105. The Morgan fingerprint density at radius 2 is 2.12 bits per heavy atom. The van der Waals surface area contributed by atoms with Crippen LogP contribution in [0.25, 0.3) is 10.9 Å². The predicted molar refractivity (Wildman–Crippen MR) is 101 cm³/mol. The van der Waals surface area contributed by atoms with Gasteiger partial charge in [-0.05, 0) is 36.4 Å². The van der Waals surface area contributed by atoms with Gasteiger partial charge in [0.1, 0.15) is 0 Å². The second-order valence-electron chi connectivity index (χ2n) is 5.43. The molecule has 0 aliphatic heterocycles. The maximum atomic E-state index is 12.5. The number of anilines is 1. The highest BCUT2D eigenvalue weighted by Crippen LogP contribution is 2.15. The van der Waals surface area contributed by atoms with E-state index in [0.717, 1.165) is 4.47 Å². The van der Waals surface area contributed by atoms with Crippen molar-refractivity contribution in [1.29, 1.82) is 0 Å². The van der Waals surface area contributed by atoms with Gasteiger partial charge in [0, 0.05) is 28.7 Å². The number of benzene rings is 2. The summed E-state index contributed by atoms with van der Waals surface area (Å²) in [7, 11) is 0. The van der Waals surface area contributed by atoms with Gasteiger partial charge in [0.25, 0.3) is 5.56 Å². The van der Waals surface area contributed by atoms with Crippen molar-refractivity contribution in [2.24, 2.45) is 0 Å². The molecule has 6 heteroatoms. The topological polar surface area (TPSA) is 64.0 Å². The minimum Gasteiger partial charge on any atom is -0.326 e. The molecule has 1 N–H and O–H groups in total. The van der Waals surface area contributed by atoms with Crippen molar-refractivity contribution in [3.63, 3.8) is 0 Å². The third kappa shape index (κ3) is 3.95. The van der Waals surface area contributed by atoms with E-state index in [1.165, 1.54) is 10.9 Å². The summed E-state index contributed by atoms with van der Waals surface area (Å²) >= 11 is 3.35. The van der Waals surface area contributed by atoms with Gasteiger partial charge in [-0.3, -0.25) is 14.2 Å². The summed E-state index contributed by atoms with van der Waals surface area (Å²) in [6.45, 7) is 0.245. The van der Waals surface area contributed by atoms with Crippen molar-refractivity contribution in [3.8, 4) is 12.3 Å². The molecule has 3 rings (SSSR count). The lowest BCUT2D eigenvalue weighted by Gasteiger charge is -2.08. The minimum atomic E-state index is -0.199. The van der Waals surface area contributed by atoms with Crippen molar-refractivity contribution < 1.29 is 4.79 Å². The van der Waals surface area contributed by atoms with E-state index in [9.17, 15) is 9.59 Å². The summed E-state index contributed by atoms with van der Waals surface area (Å²) in [6.07, 6.45) is 6.96. The van der Waals surface area contributed by atoms with E-state index in [4.69, 9.17) is 6.42 Å². The molecule has 1 heterocycles. The molecule has 0 unspecified atom stereocenters. The van der Waals surface area contributed by atoms with Crippen LogP contribution >= 0.6 is 15.9 Å². The smallest absolute Gasteiger partial charge is 0.261 e. The van der Waals surface area contributed by atoms with Gasteiger partial charge in [0.15, 0.2) is 0 Å². The van der Waals surface area contributed by atoms with Gasteiger partial charge in [-0.2, -0.15) is 0 Å². The second-order valence-corrected chi connectivity index (χ2v) is 6.34. The van der Waals surface area contributed by atoms with Crippen LogP contribution in [0.15, 0.2) is 58.1 Å². The standard InChI is InChI=1S/C19H14BrN3O2/c1-2-13-4-3-5-15(10-13)22-18(24)8-9-23-12-21-17-7-6-14(20)11-16(17)19(23)25/h1,3-7,10-12H,8-9H2,(H,22,24). The molecule has 0 fully saturated rings. The lowest BCUT2D eigenvalue weighted by molar-refractivity contribution is -0.116. The first-order chi connectivity index (χ1) is 12.1. The predicted octanol–water partition coefficient (Wildman–Crippen LogP) is 3.17. The Morgan fingerprint density at radius 3 is 2.92 bits per heavy atom. The first kappa shape index (κ1) is 16.9. The molecule has 3 aromatic rings. The maximum Gasteiger partial charge on any atom is 0.261 e. The maximum absolute atomic E-state index is 12.5. The Balaban J connectivity index is 1.72. The first-order valence-corrected chi connectivity index (χ1v) is 8.37. The zero-order valence-corrected chi connectivity index (χ0v) is 14.8. The van der Waals surface area contributed by atoms with E-state index in [1.807, 2.05) is 6.07 Å². The molecule has 0 saturated heterocycles. The van der Waals surface area contributed by atoms with Gasteiger partial charge < -0.3 is 5.32 Å². The van der Waals surface area contributed by atoms with Crippen molar-refractivity contribution in [3.05, 3.63) is 69.2 Å². The van der Waals surface area contributed by atoms with E-state index < -0.39 is 0 Å². The number of aryl methyl sites for hydroxylation is 1. The fourth-order valence-corrected chi connectivity index (χ4v) is 2.78. The van der Waals surface area contributed by atoms with Crippen molar-refractivity contribution in [1.82, 2.24) is 9.55 Å². The van der Waals surface area contributed by atoms with Crippen LogP contribution in [0.3, 0.4) is 0 Å². The van der Waals surface area contributed by atoms with Gasteiger partial charge in [0.05, 0.1) is 17.2 Å². The van der Waals surface area contributed by atoms with Crippen LogP contribution in [-0.4, -0.2) is 15.5 Å². The minimum absolute atomic E-state index is 0.154. The van der Waals surface area contributed by atoms with Gasteiger partial charge in [-0.15, -0.1) is 6.42 Å². The molecular formula is C19H14BrN3O2. The van der Waals surface area contributed by atoms with E-state index in [-0.39, 0.29) is 24.4 Å². The zero-order valence-electron chi connectivity index (χ0n) is 13.2. The molecule has 1 aromatic heterocycles. The number of nitrogens with zero attached hydrogens (tertiary/aromatic N) is 2. The number of carbonyl (C=O) groups excluding carboxylic acids is 1. The molecule has 5 nitrogen and oxygen atoms in total. The summed E-state index contributed by atoms with van der Waals surface area (Å²) < 4.78 is 2.24. The molecule has 2 aromatic carbocycles. The molecule has 0 aliphatic carbocycles. The van der Waals surface area contributed by atoms with Gasteiger partial charge in [-0.25, -0.2) is 4.98 Å². The first-order valence-electron chi connectivity index (χ1n) is 7.58. The van der Waals surface area contributed by atoms with E-state index in [2.05, 4.69) is 32.2 Å². The number of amides is 1.